The Kier molecular flexibility index (Phi) is 4.43. The number of hydrogen-bond donors (Lipinski definition) is 1. The fourth-order valence-electron chi connectivity index (χ4n) is 2.11. The first-order chi connectivity index (χ1) is 11.2. The Balaban J connectivity index is 1.62. The second-order valence-corrected chi connectivity index (χ2v) is 5.40. The predicted octanol–water partition coefficient (Wildman–Crippen LogP) is 2.71. The SMILES string of the molecule is CCc1ccc(NC(=O)COn2nnc3ccc(Cl)cc32)cc1. The maximum Gasteiger partial charge on any atom is 0.265 e. The van der Waals surface area contributed by atoms with Crippen molar-refractivity contribution in [1.29, 1.82) is 0 Å². The van der Waals surface area contributed by atoms with Crippen LogP contribution < -0.4 is 10.2 Å². The number of rotatable bonds is 5. The van der Waals surface area contributed by atoms with E-state index >= 15 is 0 Å². The molecule has 23 heavy (non-hydrogen) atoms. The van der Waals surface area contributed by atoms with Gasteiger partial charge in [0.15, 0.2) is 6.61 Å². The van der Waals surface area contributed by atoms with Crippen molar-refractivity contribution >= 4 is 34.2 Å². The maximum absolute atomic E-state index is 11.9. The number of aromatic nitrogens is 3. The highest BCUT2D eigenvalue weighted by molar-refractivity contribution is 6.31. The molecule has 0 unspecified atom stereocenters. The smallest absolute Gasteiger partial charge is 0.265 e. The van der Waals surface area contributed by atoms with E-state index in [1.165, 1.54) is 10.4 Å². The van der Waals surface area contributed by atoms with E-state index in [9.17, 15) is 4.79 Å². The summed E-state index contributed by atoms with van der Waals surface area (Å²) in [6.45, 7) is 1.90. The Labute approximate surface area is 138 Å². The number of nitrogens with one attached hydrogen (secondary N) is 1. The minimum atomic E-state index is -0.278. The van der Waals surface area contributed by atoms with E-state index < -0.39 is 0 Å². The molecule has 7 heteroatoms. The van der Waals surface area contributed by atoms with Crippen molar-refractivity contribution in [3.05, 3.63) is 53.1 Å². The zero-order valence-corrected chi connectivity index (χ0v) is 13.2. The van der Waals surface area contributed by atoms with Crippen molar-refractivity contribution in [2.75, 3.05) is 11.9 Å². The van der Waals surface area contributed by atoms with Crippen LogP contribution in [-0.2, 0) is 11.2 Å². The van der Waals surface area contributed by atoms with Gasteiger partial charge < -0.3 is 10.2 Å². The van der Waals surface area contributed by atoms with Gasteiger partial charge in [0, 0.05) is 10.7 Å². The molecular weight excluding hydrogens is 316 g/mol. The van der Waals surface area contributed by atoms with Crippen LogP contribution >= 0.6 is 11.6 Å². The number of benzene rings is 2. The van der Waals surface area contributed by atoms with Gasteiger partial charge in [0.1, 0.15) is 11.0 Å². The number of halogens is 1. The van der Waals surface area contributed by atoms with Crippen LogP contribution in [0.2, 0.25) is 5.02 Å². The standard InChI is InChI=1S/C16H15ClN4O2/c1-2-11-3-6-13(7-4-11)18-16(22)10-23-21-15-9-12(17)5-8-14(15)19-20-21/h3-9H,2,10H2,1H3,(H,18,22). The number of hydrogen-bond acceptors (Lipinski definition) is 4. The Morgan fingerprint density at radius 2 is 2.04 bits per heavy atom. The molecule has 0 spiro atoms. The summed E-state index contributed by atoms with van der Waals surface area (Å²) in [5.74, 6) is -0.278. The van der Waals surface area contributed by atoms with Gasteiger partial charge in [-0.05, 0) is 47.5 Å². The molecule has 1 aromatic heterocycles. The summed E-state index contributed by atoms with van der Waals surface area (Å²) in [6.07, 6.45) is 0.958. The first kappa shape index (κ1) is 15.3. The quantitative estimate of drug-likeness (QED) is 0.781. The van der Waals surface area contributed by atoms with Crippen LogP contribution in [0, 0.1) is 0 Å². The van der Waals surface area contributed by atoms with E-state index in [1.54, 1.807) is 18.2 Å². The molecule has 0 fully saturated rings. The Hall–Kier alpha value is -2.60. The number of fused-ring (bicyclic) bond motifs is 1. The molecule has 2 aromatic carbocycles. The highest BCUT2D eigenvalue weighted by Crippen LogP contribution is 2.16. The zero-order valence-electron chi connectivity index (χ0n) is 12.5. The largest absolute Gasteiger partial charge is 0.385 e. The van der Waals surface area contributed by atoms with Gasteiger partial charge in [-0.3, -0.25) is 4.79 Å². The minimum Gasteiger partial charge on any atom is -0.385 e. The molecular formula is C16H15ClN4O2. The van der Waals surface area contributed by atoms with E-state index in [1.807, 2.05) is 24.3 Å². The van der Waals surface area contributed by atoms with Crippen molar-refractivity contribution in [3.63, 3.8) is 0 Å². The molecule has 0 radical (unpaired) electrons. The first-order valence-corrected chi connectivity index (χ1v) is 7.56. The second kappa shape index (κ2) is 6.66. The molecule has 118 valence electrons. The van der Waals surface area contributed by atoms with Gasteiger partial charge >= 0.3 is 0 Å². The fraction of sp³-hybridized carbons (Fsp3) is 0.188. The summed E-state index contributed by atoms with van der Waals surface area (Å²) in [5, 5.41) is 11.1. The Morgan fingerprint density at radius 1 is 1.26 bits per heavy atom. The molecule has 3 rings (SSSR count). The maximum atomic E-state index is 11.9. The van der Waals surface area contributed by atoms with Crippen LogP contribution in [0.4, 0.5) is 5.69 Å². The molecule has 1 heterocycles. The van der Waals surface area contributed by atoms with Crippen LogP contribution in [0.1, 0.15) is 12.5 Å². The first-order valence-electron chi connectivity index (χ1n) is 7.19. The summed E-state index contributed by atoms with van der Waals surface area (Å²) in [7, 11) is 0. The number of aryl methyl sites for hydroxylation is 1. The van der Waals surface area contributed by atoms with E-state index in [4.69, 9.17) is 16.4 Å². The molecule has 0 saturated heterocycles. The van der Waals surface area contributed by atoms with Crippen LogP contribution in [-0.4, -0.2) is 27.7 Å². The Bertz CT molecular complexity index is 830. The van der Waals surface area contributed by atoms with Crippen molar-refractivity contribution in [1.82, 2.24) is 15.2 Å². The lowest BCUT2D eigenvalue weighted by molar-refractivity contribution is -0.121. The van der Waals surface area contributed by atoms with E-state index in [0.29, 0.717) is 16.1 Å². The summed E-state index contributed by atoms with van der Waals surface area (Å²) in [4.78, 5) is 18.5. The summed E-state index contributed by atoms with van der Waals surface area (Å²) in [5.41, 5.74) is 3.19. The highest BCUT2D eigenvalue weighted by Gasteiger charge is 2.09. The van der Waals surface area contributed by atoms with Crippen LogP contribution in [0.5, 0.6) is 0 Å². The highest BCUT2D eigenvalue weighted by atomic mass is 35.5. The van der Waals surface area contributed by atoms with Gasteiger partial charge in [-0.15, -0.1) is 5.10 Å². The lowest BCUT2D eigenvalue weighted by Gasteiger charge is -2.07. The molecule has 3 aromatic rings. The number of amides is 1. The zero-order chi connectivity index (χ0) is 16.2. The molecule has 6 nitrogen and oxygen atoms in total. The third-order valence-electron chi connectivity index (χ3n) is 3.34. The van der Waals surface area contributed by atoms with Gasteiger partial charge in [-0.1, -0.05) is 35.5 Å². The van der Waals surface area contributed by atoms with Gasteiger partial charge in [-0.2, -0.15) is 0 Å². The summed E-state index contributed by atoms with van der Waals surface area (Å²) >= 11 is 5.94. The number of carbonyl (C=O) groups excluding carboxylic acids is 1. The van der Waals surface area contributed by atoms with E-state index in [0.717, 1.165) is 12.1 Å². The number of carbonyl (C=O) groups is 1. The van der Waals surface area contributed by atoms with Gasteiger partial charge in [0.25, 0.3) is 5.91 Å². The van der Waals surface area contributed by atoms with Gasteiger partial charge in [0.2, 0.25) is 0 Å². The van der Waals surface area contributed by atoms with Gasteiger partial charge in [0.05, 0.1) is 0 Å². The molecule has 0 bridgehead atoms. The van der Waals surface area contributed by atoms with Crippen molar-refractivity contribution < 1.29 is 9.63 Å². The average molecular weight is 331 g/mol. The molecule has 0 atom stereocenters. The van der Waals surface area contributed by atoms with E-state index in [2.05, 4.69) is 22.6 Å². The molecule has 1 N–H and O–H groups in total. The van der Waals surface area contributed by atoms with Crippen molar-refractivity contribution in [2.45, 2.75) is 13.3 Å². The predicted molar refractivity (Wildman–Crippen MR) is 88.4 cm³/mol. The third-order valence-corrected chi connectivity index (χ3v) is 3.58. The average Bonchev–Trinajstić information content (AvgIpc) is 2.96. The van der Waals surface area contributed by atoms with Crippen LogP contribution in [0.15, 0.2) is 42.5 Å². The summed E-state index contributed by atoms with van der Waals surface area (Å²) in [6, 6.07) is 12.8. The fourth-order valence-corrected chi connectivity index (χ4v) is 2.27. The molecule has 0 aliphatic rings. The minimum absolute atomic E-state index is 0.180. The van der Waals surface area contributed by atoms with Crippen LogP contribution in [0.3, 0.4) is 0 Å². The van der Waals surface area contributed by atoms with E-state index in [-0.39, 0.29) is 12.5 Å². The topological polar surface area (TPSA) is 69.0 Å². The second-order valence-electron chi connectivity index (χ2n) is 4.97. The molecule has 0 saturated carbocycles. The monoisotopic (exact) mass is 330 g/mol. The number of anilines is 1. The number of nitrogens with zero attached hydrogens (tertiary/aromatic N) is 3. The third kappa shape index (κ3) is 3.60. The van der Waals surface area contributed by atoms with Crippen LogP contribution in [0.25, 0.3) is 11.0 Å². The molecule has 0 aliphatic heterocycles. The molecule has 1 amide bonds. The lowest BCUT2D eigenvalue weighted by atomic mass is 10.1. The van der Waals surface area contributed by atoms with Crippen molar-refractivity contribution in [3.8, 4) is 0 Å². The Morgan fingerprint density at radius 3 is 2.78 bits per heavy atom. The van der Waals surface area contributed by atoms with Crippen molar-refractivity contribution in [2.24, 2.45) is 0 Å². The van der Waals surface area contributed by atoms with Gasteiger partial charge in [-0.25, -0.2) is 0 Å². The lowest BCUT2D eigenvalue weighted by Crippen LogP contribution is -2.26. The summed E-state index contributed by atoms with van der Waals surface area (Å²) < 4.78 is 0. The normalized spacial score (nSPS) is 10.7. The molecule has 0 aliphatic carbocycles.